The van der Waals surface area contributed by atoms with Crippen LogP contribution in [0.15, 0.2) is 194 Å². The molecule has 3 heteroatoms. The highest BCUT2D eigenvalue weighted by Crippen LogP contribution is 2.40. The maximum atomic E-state index is 3.85. The third kappa shape index (κ3) is 4.90. The van der Waals surface area contributed by atoms with Gasteiger partial charge in [0.15, 0.2) is 0 Å². The maximum absolute atomic E-state index is 3.85. The van der Waals surface area contributed by atoms with E-state index in [-0.39, 0.29) is 0 Å². The number of fused-ring (bicyclic) bond motifs is 6. The Kier molecular flexibility index (Phi) is 6.81. The second kappa shape index (κ2) is 11.9. The first-order valence-corrected chi connectivity index (χ1v) is 17.4. The lowest BCUT2D eigenvalue weighted by Gasteiger charge is -2.17. The third-order valence-electron chi connectivity index (χ3n) is 10.1. The Labute approximate surface area is 296 Å². The molecular formula is C48H33N3. The van der Waals surface area contributed by atoms with E-state index in [1.54, 1.807) is 0 Å². The monoisotopic (exact) mass is 651 g/mol. The van der Waals surface area contributed by atoms with E-state index in [1.807, 2.05) is 0 Å². The number of aromatic nitrogens is 2. The van der Waals surface area contributed by atoms with E-state index >= 15 is 0 Å². The molecular weight excluding hydrogens is 619 g/mol. The number of nitrogens with one attached hydrogen (secondary N) is 1. The molecule has 0 spiro atoms. The summed E-state index contributed by atoms with van der Waals surface area (Å²) in [6.07, 6.45) is 0. The fourth-order valence-electron chi connectivity index (χ4n) is 7.75. The molecule has 0 fully saturated rings. The molecule has 0 unspecified atom stereocenters. The van der Waals surface area contributed by atoms with Crippen LogP contribution < -0.4 is 5.32 Å². The van der Waals surface area contributed by atoms with Gasteiger partial charge in [-0.15, -0.1) is 0 Å². The van der Waals surface area contributed by atoms with Gasteiger partial charge in [0, 0.05) is 49.9 Å². The molecule has 0 saturated carbocycles. The molecule has 0 aliphatic rings. The van der Waals surface area contributed by atoms with Crippen LogP contribution in [0.4, 0.5) is 11.4 Å². The summed E-state index contributed by atoms with van der Waals surface area (Å²) < 4.78 is 4.75. The van der Waals surface area contributed by atoms with Crippen LogP contribution in [0, 0.1) is 0 Å². The molecule has 10 aromatic rings. The van der Waals surface area contributed by atoms with Gasteiger partial charge in [-0.1, -0.05) is 127 Å². The van der Waals surface area contributed by atoms with Crippen molar-refractivity contribution in [2.75, 3.05) is 5.32 Å². The van der Waals surface area contributed by atoms with Gasteiger partial charge in [0.1, 0.15) is 0 Å². The predicted octanol–water partition coefficient (Wildman–Crippen LogP) is 13.0. The number of rotatable bonds is 6. The molecule has 51 heavy (non-hydrogen) atoms. The highest BCUT2D eigenvalue weighted by atomic mass is 15.0. The fourth-order valence-corrected chi connectivity index (χ4v) is 7.75. The summed E-state index contributed by atoms with van der Waals surface area (Å²) >= 11 is 0. The Balaban J connectivity index is 1.16. The van der Waals surface area contributed by atoms with Gasteiger partial charge in [-0.2, -0.15) is 0 Å². The lowest BCUT2D eigenvalue weighted by atomic mass is 10.00. The first-order valence-electron chi connectivity index (χ1n) is 17.4. The SMILES string of the molecule is c1ccc(-c2ccc(Nc3cc(-n4c5ccccc5c5ccccc54)ccc3-c3ccc4c(c3)c3ccccc3n4-c3ccccc3)cc2)cc1. The Morgan fingerprint density at radius 3 is 1.45 bits per heavy atom. The van der Waals surface area contributed by atoms with Gasteiger partial charge in [-0.05, 0) is 83.4 Å². The van der Waals surface area contributed by atoms with Gasteiger partial charge in [0.25, 0.3) is 0 Å². The second-order valence-corrected chi connectivity index (χ2v) is 13.1. The molecule has 2 heterocycles. The summed E-state index contributed by atoms with van der Waals surface area (Å²) in [7, 11) is 0. The molecule has 3 nitrogen and oxygen atoms in total. The van der Waals surface area contributed by atoms with Crippen molar-refractivity contribution in [1.82, 2.24) is 9.13 Å². The molecule has 1 N–H and O–H groups in total. The van der Waals surface area contributed by atoms with E-state index in [1.165, 1.54) is 54.7 Å². The van der Waals surface area contributed by atoms with Crippen molar-refractivity contribution in [3.8, 4) is 33.6 Å². The average molecular weight is 652 g/mol. The molecule has 10 rings (SSSR count). The summed E-state index contributed by atoms with van der Waals surface area (Å²) in [6.45, 7) is 0. The van der Waals surface area contributed by atoms with Gasteiger partial charge in [0.2, 0.25) is 0 Å². The van der Waals surface area contributed by atoms with E-state index in [2.05, 4.69) is 209 Å². The van der Waals surface area contributed by atoms with E-state index in [0.29, 0.717) is 0 Å². The number of hydrogen-bond acceptors (Lipinski definition) is 1. The molecule has 8 aromatic carbocycles. The van der Waals surface area contributed by atoms with Crippen LogP contribution in [0.1, 0.15) is 0 Å². The summed E-state index contributed by atoms with van der Waals surface area (Å²) in [6, 6.07) is 69.7. The van der Waals surface area contributed by atoms with Crippen LogP contribution in [0.5, 0.6) is 0 Å². The molecule has 240 valence electrons. The van der Waals surface area contributed by atoms with Gasteiger partial charge in [-0.25, -0.2) is 0 Å². The number of para-hydroxylation sites is 4. The van der Waals surface area contributed by atoms with Crippen molar-refractivity contribution in [3.05, 3.63) is 194 Å². The lowest BCUT2D eigenvalue weighted by molar-refractivity contribution is 1.18. The summed E-state index contributed by atoms with van der Waals surface area (Å²) in [4.78, 5) is 0. The molecule has 0 atom stereocenters. The smallest absolute Gasteiger partial charge is 0.0541 e. The molecule has 0 aliphatic heterocycles. The minimum absolute atomic E-state index is 1.04. The second-order valence-electron chi connectivity index (χ2n) is 13.1. The minimum Gasteiger partial charge on any atom is -0.355 e. The van der Waals surface area contributed by atoms with E-state index in [9.17, 15) is 0 Å². The summed E-state index contributed by atoms with van der Waals surface area (Å²) in [5.41, 5.74) is 13.9. The molecule has 0 bridgehead atoms. The van der Waals surface area contributed by atoms with Gasteiger partial charge >= 0.3 is 0 Å². The topological polar surface area (TPSA) is 21.9 Å². The van der Waals surface area contributed by atoms with E-state index in [4.69, 9.17) is 0 Å². The number of nitrogens with zero attached hydrogens (tertiary/aromatic N) is 2. The summed E-state index contributed by atoms with van der Waals surface area (Å²) in [5, 5.41) is 8.83. The zero-order chi connectivity index (χ0) is 33.7. The Morgan fingerprint density at radius 1 is 0.314 bits per heavy atom. The van der Waals surface area contributed by atoms with Crippen molar-refractivity contribution < 1.29 is 0 Å². The first kappa shape index (κ1) is 29.1. The van der Waals surface area contributed by atoms with Gasteiger partial charge in [0.05, 0.1) is 22.1 Å². The first-order chi connectivity index (χ1) is 25.3. The van der Waals surface area contributed by atoms with Crippen molar-refractivity contribution in [3.63, 3.8) is 0 Å². The normalized spacial score (nSPS) is 11.5. The van der Waals surface area contributed by atoms with Gasteiger partial charge < -0.3 is 14.5 Å². The molecule has 0 aliphatic carbocycles. The molecule has 0 saturated heterocycles. The van der Waals surface area contributed by atoms with Crippen LogP contribution in [0.3, 0.4) is 0 Å². The third-order valence-corrected chi connectivity index (χ3v) is 10.1. The number of benzene rings is 8. The van der Waals surface area contributed by atoms with Crippen LogP contribution in [0.2, 0.25) is 0 Å². The predicted molar refractivity (Wildman–Crippen MR) is 216 cm³/mol. The van der Waals surface area contributed by atoms with E-state index < -0.39 is 0 Å². The van der Waals surface area contributed by atoms with Crippen molar-refractivity contribution in [2.45, 2.75) is 0 Å². The zero-order valence-corrected chi connectivity index (χ0v) is 27.9. The quantitative estimate of drug-likeness (QED) is 0.190. The fraction of sp³-hybridized carbons (Fsp3) is 0. The molecule has 0 amide bonds. The largest absolute Gasteiger partial charge is 0.355 e. The molecule has 0 radical (unpaired) electrons. The van der Waals surface area contributed by atoms with Crippen molar-refractivity contribution in [1.29, 1.82) is 0 Å². The highest BCUT2D eigenvalue weighted by molar-refractivity contribution is 6.11. The van der Waals surface area contributed by atoms with Crippen LogP contribution in [0.25, 0.3) is 77.2 Å². The Hall–Kier alpha value is -6.84. The van der Waals surface area contributed by atoms with Crippen molar-refractivity contribution >= 4 is 55.0 Å². The number of hydrogen-bond donors (Lipinski definition) is 1. The van der Waals surface area contributed by atoms with Crippen LogP contribution >= 0.6 is 0 Å². The van der Waals surface area contributed by atoms with Crippen LogP contribution in [-0.4, -0.2) is 9.13 Å². The maximum Gasteiger partial charge on any atom is 0.0541 e. The summed E-state index contributed by atoms with van der Waals surface area (Å²) in [5.74, 6) is 0. The highest BCUT2D eigenvalue weighted by Gasteiger charge is 2.17. The zero-order valence-electron chi connectivity index (χ0n) is 27.9. The lowest BCUT2D eigenvalue weighted by Crippen LogP contribution is -1.99. The van der Waals surface area contributed by atoms with E-state index in [0.717, 1.165) is 33.9 Å². The van der Waals surface area contributed by atoms with Gasteiger partial charge in [-0.3, -0.25) is 0 Å². The van der Waals surface area contributed by atoms with Crippen molar-refractivity contribution in [2.24, 2.45) is 0 Å². The molecule has 2 aromatic heterocycles. The Morgan fingerprint density at radius 2 is 0.804 bits per heavy atom. The Bertz CT molecular complexity index is 2810. The average Bonchev–Trinajstić information content (AvgIpc) is 3.72. The minimum atomic E-state index is 1.04. The number of anilines is 2. The standard InChI is InChI=1S/C48H33N3/c1-3-13-33(14-4-1)34-23-26-36(27-24-34)49-44-32-38(51-45-20-10-7-17-40(45)41-18-8-11-21-46(41)51)28-29-39(44)35-25-30-48-43(31-35)42-19-9-12-22-47(42)50(48)37-15-5-2-6-16-37/h1-32,49H. The van der Waals surface area contributed by atoms with Crippen LogP contribution in [-0.2, 0) is 0 Å².